The number of non-ortho nitro benzene ring substituents is 1. The highest BCUT2D eigenvalue weighted by Crippen LogP contribution is 2.25. The van der Waals surface area contributed by atoms with Gasteiger partial charge in [0.1, 0.15) is 5.52 Å². The van der Waals surface area contributed by atoms with E-state index in [0.29, 0.717) is 5.56 Å². The Bertz CT molecular complexity index is 624. The summed E-state index contributed by atoms with van der Waals surface area (Å²) in [7, 11) is 0. The number of amides is 1. The molecule has 0 spiro atoms. The van der Waals surface area contributed by atoms with Crippen LogP contribution in [-0.2, 0) is 11.3 Å². The van der Waals surface area contributed by atoms with Crippen LogP contribution in [0.4, 0.5) is 5.69 Å². The van der Waals surface area contributed by atoms with Gasteiger partial charge in [-0.2, -0.15) is 0 Å². The number of nitrogens with one attached hydrogen (secondary N) is 2. The summed E-state index contributed by atoms with van der Waals surface area (Å²) in [5.41, 5.74) is 2.78. The number of carbonyl (C=O) groups excluding carboxylic acids is 1. The Morgan fingerprint density at radius 2 is 2.16 bits per heavy atom. The second kappa shape index (κ2) is 5.37. The maximum Gasteiger partial charge on any atom is 0.300 e. The number of nitrogens with two attached hydrogens (primary N) is 1. The summed E-state index contributed by atoms with van der Waals surface area (Å²) in [5.74, 6) is 4.55. The molecule has 0 fully saturated rings. The Labute approximate surface area is 106 Å². The molecule has 10 nitrogen and oxygen atoms in total. The molecule has 4 N–H and O–H groups in total. The summed E-state index contributed by atoms with van der Waals surface area (Å²) >= 11 is 0. The molecule has 0 atom stereocenters. The molecule has 19 heavy (non-hydrogen) atoms. The summed E-state index contributed by atoms with van der Waals surface area (Å²) in [6.45, 7) is 0.288. The zero-order valence-electron chi connectivity index (χ0n) is 9.62. The second-order valence-electron chi connectivity index (χ2n) is 3.63. The molecule has 0 aliphatic heterocycles. The number of nitrogens with zero attached hydrogens (tertiary/aromatic N) is 3. The minimum atomic E-state index is -0.564. The highest BCUT2D eigenvalue weighted by atomic mass is 16.6. The summed E-state index contributed by atoms with van der Waals surface area (Å²) in [6, 6.07) is 2.84. The normalized spacial score (nSPS) is 10.6. The third-order valence-electron chi connectivity index (χ3n) is 2.44. The van der Waals surface area contributed by atoms with Crippen LogP contribution in [0.25, 0.3) is 11.0 Å². The van der Waals surface area contributed by atoms with Crippen LogP contribution in [0.5, 0.6) is 0 Å². The number of rotatable bonds is 5. The van der Waals surface area contributed by atoms with E-state index in [0.717, 1.165) is 0 Å². The SMILES string of the molecule is NNC(=O)CNCc1ccc([N+](=O)[O-])c2nonc12. The number of hydrogen-bond donors (Lipinski definition) is 3. The van der Waals surface area contributed by atoms with Crippen molar-refractivity contribution in [1.82, 2.24) is 21.1 Å². The fraction of sp³-hybridized carbons (Fsp3) is 0.222. The Morgan fingerprint density at radius 1 is 1.42 bits per heavy atom. The smallest absolute Gasteiger partial charge is 0.300 e. The molecule has 2 aromatic rings. The molecule has 0 unspecified atom stereocenters. The van der Waals surface area contributed by atoms with Crippen molar-refractivity contribution in [2.24, 2.45) is 5.84 Å². The standard InChI is InChI=1S/C9H10N6O4/c10-12-7(16)4-11-3-5-1-2-6(15(17)18)9-8(5)13-19-14-9/h1-2,11H,3-4,10H2,(H,12,16). The third-order valence-corrected chi connectivity index (χ3v) is 2.44. The molecule has 1 heterocycles. The molecule has 1 amide bonds. The van der Waals surface area contributed by atoms with E-state index in [1.165, 1.54) is 12.1 Å². The van der Waals surface area contributed by atoms with E-state index in [1.54, 1.807) is 0 Å². The molecule has 0 radical (unpaired) electrons. The van der Waals surface area contributed by atoms with Gasteiger partial charge in [0, 0.05) is 12.6 Å². The zero-order chi connectivity index (χ0) is 13.8. The van der Waals surface area contributed by atoms with E-state index in [-0.39, 0.29) is 35.7 Å². The molecule has 0 aliphatic carbocycles. The van der Waals surface area contributed by atoms with E-state index in [4.69, 9.17) is 5.84 Å². The minimum absolute atomic E-state index is 0.0141. The van der Waals surface area contributed by atoms with Crippen molar-refractivity contribution in [2.75, 3.05) is 6.54 Å². The van der Waals surface area contributed by atoms with Crippen molar-refractivity contribution in [3.8, 4) is 0 Å². The van der Waals surface area contributed by atoms with E-state index in [9.17, 15) is 14.9 Å². The predicted molar refractivity (Wildman–Crippen MR) is 62.5 cm³/mol. The second-order valence-corrected chi connectivity index (χ2v) is 3.63. The monoisotopic (exact) mass is 266 g/mol. The molecule has 10 heteroatoms. The Balaban J connectivity index is 2.21. The summed E-state index contributed by atoms with van der Waals surface area (Å²) in [6.07, 6.45) is 0. The quantitative estimate of drug-likeness (QED) is 0.276. The molecule has 0 bridgehead atoms. The van der Waals surface area contributed by atoms with Gasteiger partial charge in [0.25, 0.3) is 0 Å². The highest BCUT2D eigenvalue weighted by Gasteiger charge is 2.19. The largest absolute Gasteiger partial charge is 0.304 e. The van der Waals surface area contributed by atoms with E-state index < -0.39 is 4.92 Å². The number of hydrazine groups is 1. The van der Waals surface area contributed by atoms with Crippen LogP contribution in [0.2, 0.25) is 0 Å². The molecule has 2 rings (SSSR count). The molecule has 1 aromatic heterocycles. The average molecular weight is 266 g/mol. The predicted octanol–water partition coefficient (Wildman–Crippen LogP) is -0.789. The van der Waals surface area contributed by atoms with Gasteiger partial charge in [0.15, 0.2) is 0 Å². The van der Waals surface area contributed by atoms with Crippen molar-refractivity contribution in [3.05, 3.63) is 27.8 Å². The molecule has 100 valence electrons. The van der Waals surface area contributed by atoms with E-state index in [2.05, 4.69) is 20.3 Å². The summed E-state index contributed by atoms with van der Waals surface area (Å²) in [5, 5.41) is 20.7. The van der Waals surface area contributed by atoms with Crippen molar-refractivity contribution in [2.45, 2.75) is 6.54 Å². The molecular weight excluding hydrogens is 256 g/mol. The van der Waals surface area contributed by atoms with Crippen LogP contribution in [-0.4, -0.2) is 27.7 Å². The first-order valence-electron chi connectivity index (χ1n) is 5.22. The number of nitro groups is 1. The van der Waals surface area contributed by atoms with Crippen LogP contribution in [0.1, 0.15) is 5.56 Å². The zero-order valence-corrected chi connectivity index (χ0v) is 9.62. The topological polar surface area (TPSA) is 149 Å². The minimum Gasteiger partial charge on any atom is -0.304 e. The van der Waals surface area contributed by atoms with E-state index >= 15 is 0 Å². The maximum absolute atomic E-state index is 10.9. The molecule has 1 aromatic carbocycles. The first-order valence-corrected chi connectivity index (χ1v) is 5.22. The molecule has 0 saturated heterocycles. The van der Waals surface area contributed by atoms with Crippen molar-refractivity contribution in [1.29, 1.82) is 0 Å². The lowest BCUT2D eigenvalue weighted by atomic mass is 10.1. The van der Waals surface area contributed by atoms with E-state index in [1.807, 2.05) is 5.43 Å². The van der Waals surface area contributed by atoms with Crippen LogP contribution in [0.3, 0.4) is 0 Å². The Hall–Kier alpha value is -2.59. The van der Waals surface area contributed by atoms with Gasteiger partial charge >= 0.3 is 5.69 Å². The molecule has 0 aliphatic rings. The van der Waals surface area contributed by atoms with Gasteiger partial charge in [0.2, 0.25) is 11.4 Å². The van der Waals surface area contributed by atoms with Gasteiger partial charge in [-0.05, 0) is 21.9 Å². The fourth-order valence-electron chi connectivity index (χ4n) is 1.56. The van der Waals surface area contributed by atoms with Gasteiger partial charge < -0.3 is 5.32 Å². The van der Waals surface area contributed by atoms with Gasteiger partial charge in [-0.3, -0.25) is 20.3 Å². The van der Waals surface area contributed by atoms with Gasteiger partial charge in [-0.25, -0.2) is 10.5 Å². The van der Waals surface area contributed by atoms with Crippen LogP contribution < -0.4 is 16.6 Å². The summed E-state index contributed by atoms with van der Waals surface area (Å²) < 4.78 is 4.51. The first kappa shape index (κ1) is 12.9. The highest BCUT2D eigenvalue weighted by molar-refractivity contribution is 5.86. The fourth-order valence-corrected chi connectivity index (χ4v) is 1.56. The number of hydrogen-bond acceptors (Lipinski definition) is 8. The van der Waals surface area contributed by atoms with Gasteiger partial charge in [-0.15, -0.1) is 0 Å². The lowest BCUT2D eigenvalue weighted by Crippen LogP contribution is -2.37. The van der Waals surface area contributed by atoms with Crippen molar-refractivity contribution >= 4 is 22.6 Å². The first-order chi connectivity index (χ1) is 9.13. The van der Waals surface area contributed by atoms with Crippen LogP contribution >= 0.6 is 0 Å². The number of nitro benzene ring substituents is 1. The number of benzene rings is 1. The lowest BCUT2D eigenvalue weighted by molar-refractivity contribution is -0.383. The van der Waals surface area contributed by atoms with Crippen molar-refractivity contribution in [3.63, 3.8) is 0 Å². The number of aromatic nitrogens is 2. The lowest BCUT2D eigenvalue weighted by Gasteiger charge is -2.03. The summed E-state index contributed by atoms with van der Waals surface area (Å²) in [4.78, 5) is 21.1. The maximum atomic E-state index is 10.9. The van der Waals surface area contributed by atoms with Gasteiger partial charge in [0.05, 0.1) is 11.5 Å². The number of carbonyl (C=O) groups is 1. The van der Waals surface area contributed by atoms with Crippen LogP contribution in [0, 0.1) is 10.1 Å². The van der Waals surface area contributed by atoms with Crippen LogP contribution in [0.15, 0.2) is 16.8 Å². The Kier molecular flexibility index (Phi) is 3.63. The average Bonchev–Trinajstić information content (AvgIpc) is 2.87. The molecular formula is C9H10N6O4. The number of fused-ring (bicyclic) bond motifs is 1. The van der Waals surface area contributed by atoms with Gasteiger partial charge in [-0.1, -0.05) is 0 Å². The third kappa shape index (κ3) is 2.64. The molecule has 0 saturated carbocycles. The Morgan fingerprint density at radius 3 is 2.84 bits per heavy atom. The van der Waals surface area contributed by atoms with Crippen molar-refractivity contribution < 1.29 is 14.3 Å².